The Kier molecular flexibility index (Phi) is 4.79. The number of rotatable bonds is 4. The Bertz CT molecular complexity index is 706. The Morgan fingerprint density at radius 1 is 1.25 bits per heavy atom. The first kappa shape index (κ1) is 16.0. The fourth-order valence-corrected chi connectivity index (χ4v) is 2.96. The molecule has 2 heterocycles. The summed E-state index contributed by atoms with van der Waals surface area (Å²) >= 11 is 0. The first-order valence-corrected chi connectivity index (χ1v) is 7.87. The van der Waals surface area contributed by atoms with Crippen molar-refractivity contribution in [2.45, 2.75) is 25.4 Å². The highest BCUT2D eigenvalue weighted by Gasteiger charge is 2.28. The molecule has 24 heavy (non-hydrogen) atoms. The number of ether oxygens (including phenoxy) is 1. The molecule has 1 saturated heterocycles. The Hall–Kier alpha value is -2.83. The number of hydrogen-bond donors (Lipinski definition) is 2. The molecule has 2 aromatic rings. The second kappa shape index (κ2) is 7.16. The number of carbonyl (C=O) groups excluding carboxylic acids is 1. The van der Waals surface area contributed by atoms with Crippen LogP contribution in [-0.4, -0.2) is 45.4 Å². The minimum Gasteiger partial charge on any atom is -0.477 e. The summed E-state index contributed by atoms with van der Waals surface area (Å²) in [5.74, 6) is -0.916. The Balaban J connectivity index is 1.52. The molecule has 0 unspecified atom stereocenters. The van der Waals surface area contributed by atoms with Crippen molar-refractivity contribution in [2.24, 2.45) is 0 Å². The van der Waals surface area contributed by atoms with E-state index in [0.717, 1.165) is 5.56 Å². The van der Waals surface area contributed by atoms with Gasteiger partial charge >= 0.3 is 12.1 Å². The summed E-state index contributed by atoms with van der Waals surface area (Å²) in [6, 6.07) is 9.54. The van der Waals surface area contributed by atoms with Crippen LogP contribution in [0, 0.1) is 0 Å². The molecule has 0 aliphatic carbocycles. The van der Waals surface area contributed by atoms with Gasteiger partial charge in [0.05, 0.1) is 6.20 Å². The van der Waals surface area contributed by atoms with Crippen molar-refractivity contribution in [3.63, 3.8) is 0 Å². The lowest BCUT2D eigenvalue weighted by atomic mass is 9.90. The van der Waals surface area contributed by atoms with Crippen LogP contribution in [0.1, 0.15) is 40.4 Å². The van der Waals surface area contributed by atoms with Crippen molar-refractivity contribution >= 4 is 12.1 Å². The van der Waals surface area contributed by atoms with Crippen LogP contribution in [0.4, 0.5) is 4.79 Å². The van der Waals surface area contributed by atoms with E-state index in [0.29, 0.717) is 31.5 Å². The van der Waals surface area contributed by atoms with Gasteiger partial charge in [-0.1, -0.05) is 30.3 Å². The summed E-state index contributed by atoms with van der Waals surface area (Å²) in [7, 11) is 0. The molecule has 0 bridgehead atoms. The largest absolute Gasteiger partial charge is 0.477 e. The van der Waals surface area contributed by atoms with E-state index in [4.69, 9.17) is 9.84 Å². The van der Waals surface area contributed by atoms with Gasteiger partial charge in [-0.3, -0.25) is 5.10 Å². The van der Waals surface area contributed by atoms with E-state index < -0.39 is 5.97 Å². The molecule has 126 valence electrons. The van der Waals surface area contributed by atoms with Crippen molar-refractivity contribution in [3.8, 4) is 0 Å². The minimum absolute atomic E-state index is 0.0908. The van der Waals surface area contributed by atoms with Gasteiger partial charge < -0.3 is 14.7 Å². The molecule has 0 saturated carbocycles. The third kappa shape index (κ3) is 3.56. The lowest BCUT2D eigenvalue weighted by Crippen LogP contribution is -2.38. The lowest BCUT2D eigenvalue weighted by molar-refractivity contribution is 0.0684. The van der Waals surface area contributed by atoms with Crippen LogP contribution in [-0.2, 0) is 11.3 Å². The molecule has 1 aromatic heterocycles. The summed E-state index contributed by atoms with van der Waals surface area (Å²) in [6.07, 6.45) is 2.63. The van der Waals surface area contributed by atoms with Gasteiger partial charge in [-0.2, -0.15) is 5.10 Å². The summed E-state index contributed by atoms with van der Waals surface area (Å²) in [4.78, 5) is 25.0. The molecular weight excluding hydrogens is 310 g/mol. The molecule has 7 heteroatoms. The number of benzene rings is 1. The van der Waals surface area contributed by atoms with E-state index in [2.05, 4.69) is 10.2 Å². The van der Waals surface area contributed by atoms with E-state index in [1.807, 2.05) is 30.3 Å². The Morgan fingerprint density at radius 2 is 1.96 bits per heavy atom. The predicted molar refractivity (Wildman–Crippen MR) is 85.7 cm³/mol. The first-order valence-electron chi connectivity index (χ1n) is 7.87. The van der Waals surface area contributed by atoms with E-state index in [1.165, 1.54) is 0 Å². The molecule has 0 radical (unpaired) electrons. The number of H-pyrrole nitrogens is 1. The topological polar surface area (TPSA) is 95.5 Å². The van der Waals surface area contributed by atoms with Crippen LogP contribution < -0.4 is 0 Å². The smallest absolute Gasteiger partial charge is 0.410 e. The third-order valence-electron chi connectivity index (χ3n) is 4.28. The highest BCUT2D eigenvalue weighted by Crippen LogP contribution is 2.29. The normalized spacial score (nSPS) is 15.2. The number of aromatic amines is 1. The molecule has 1 fully saturated rings. The number of likely N-dealkylation sites (tertiary alicyclic amines) is 1. The standard InChI is InChI=1S/C17H19N3O4/c21-16(22)15-14(10-18-19-15)13-6-8-20(9-7-13)17(23)24-11-12-4-2-1-3-5-12/h1-5,10,13H,6-9,11H2,(H,18,19)(H,21,22). The summed E-state index contributed by atoms with van der Waals surface area (Å²) < 4.78 is 5.33. The Morgan fingerprint density at radius 3 is 2.62 bits per heavy atom. The quantitative estimate of drug-likeness (QED) is 0.899. The van der Waals surface area contributed by atoms with E-state index in [9.17, 15) is 9.59 Å². The molecule has 0 atom stereocenters. The number of amides is 1. The molecule has 3 rings (SSSR count). The number of piperidine rings is 1. The highest BCUT2D eigenvalue weighted by atomic mass is 16.6. The van der Waals surface area contributed by atoms with Gasteiger partial charge in [-0.15, -0.1) is 0 Å². The van der Waals surface area contributed by atoms with Crippen molar-refractivity contribution in [3.05, 3.63) is 53.3 Å². The third-order valence-corrected chi connectivity index (χ3v) is 4.28. The van der Waals surface area contributed by atoms with E-state index in [1.54, 1.807) is 11.1 Å². The van der Waals surface area contributed by atoms with Crippen LogP contribution in [0.3, 0.4) is 0 Å². The molecule has 2 N–H and O–H groups in total. The van der Waals surface area contributed by atoms with Gasteiger partial charge in [-0.05, 0) is 24.3 Å². The average Bonchev–Trinajstić information content (AvgIpc) is 3.11. The molecule has 1 aromatic carbocycles. The maximum Gasteiger partial charge on any atom is 0.410 e. The second-order valence-electron chi connectivity index (χ2n) is 5.81. The van der Waals surface area contributed by atoms with Gasteiger partial charge in [0.2, 0.25) is 0 Å². The maximum absolute atomic E-state index is 12.1. The second-order valence-corrected chi connectivity index (χ2v) is 5.81. The molecular formula is C17H19N3O4. The van der Waals surface area contributed by atoms with Crippen molar-refractivity contribution in [1.82, 2.24) is 15.1 Å². The van der Waals surface area contributed by atoms with Gasteiger partial charge in [0.1, 0.15) is 12.3 Å². The fourth-order valence-electron chi connectivity index (χ4n) is 2.96. The van der Waals surface area contributed by atoms with Crippen LogP contribution in [0.2, 0.25) is 0 Å². The number of carbonyl (C=O) groups is 2. The molecule has 1 aliphatic rings. The molecule has 0 spiro atoms. The molecule has 7 nitrogen and oxygen atoms in total. The number of carboxylic acids is 1. The van der Waals surface area contributed by atoms with Gasteiger partial charge in [0.25, 0.3) is 0 Å². The van der Waals surface area contributed by atoms with Crippen LogP contribution in [0.25, 0.3) is 0 Å². The van der Waals surface area contributed by atoms with Crippen molar-refractivity contribution < 1.29 is 19.4 Å². The van der Waals surface area contributed by atoms with Gasteiger partial charge in [-0.25, -0.2) is 9.59 Å². The minimum atomic E-state index is -1.01. The lowest BCUT2D eigenvalue weighted by Gasteiger charge is -2.31. The number of carboxylic acid groups (broad SMARTS) is 1. The summed E-state index contributed by atoms with van der Waals surface area (Å²) in [5, 5.41) is 15.5. The number of aromatic nitrogens is 2. The van der Waals surface area contributed by atoms with Crippen LogP contribution in [0.15, 0.2) is 36.5 Å². The zero-order chi connectivity index (χ0) is 16.9. The zero-order valence-electron chi connectivity index (χ0n) is 13.1. The summed E-state index contributed by atoms with van der Waals surface area (Å²) in [5.41, 5.74) is 1.80. The monoisotopic (exact) mass is 329 g/mol. The highest BCUT2D eigenvalue weighted by molar-refractivity contribution is 5.87. The van der Waals surface area contributed by atoms with Gasteiger partial charge in [0, 0.05) is 18.7 Å². The molecule has 1 amide bonds. The number of nitrogens with zero attached hydrogens (tertiary/aromatic N) is 2. The van der Waals surface area contributed by atoms with Crippen molar-refractivity contribution in [1.29, 1.82) is 0 Å². The van der Waals surface area contributed by atoms with E-state index in [-0.39, 0.29) is 24.3 Å². The SMILES string of the molecule is O=C(O)c1[nH]ncc1C1CCN(C(=O)OCc2ccccc2)CC1. The molecule has 1 aliphatic heterocycles. The van der Waals surface area contributed by atoms with E-state index >= 15 is 0 Å². The predicted octanol–water partition coefficient (Wildman–Crippen LogP) is 2.62. The maximum atomic E-state index is 12.1. The number of nitrogens with one attached hydrogen (secondary N) is 1. The zero-order valence-corrected chi connectivity index (χ0v) is 13.1. The summed E-state index contributed by atoms with van der Waals surface area (Å²) in [6.45, 7) is 1.34. The van der Waals surface area contributed by atoms with Crippen LogP contribution in [0.5, 0.6) is 0 Å². The van der Waals surface area contributed by atoms with Crippen LogP contribution >= 0.6 is 0 Å². The average molecular weight is 329 g/mol. The number of hydrogen-bond acceptors (Lipinski definition) is 4. The van der Waals surface area contributed by atoms with Gasteiger partial charge in [0.15, 0.2) is 0 Å². The number of aromatic carboxylic acids is 1. The van der Waals surface area contributed by atoms with Crippen molar-refractivity contribution in [2.75, 3.05) is 13.1 Å². The Labute approximate surface area is 139 Å². The first-order chi connectivity index (χ1) is 11.6. The fraction of sp³-hybridized carbons (Fsp3) is 0.353.